The maximum atomic E-state index is 10.0. The first-order chi connectivity index (χ1) is 5.68. The largest absolute Gasteiger partial charge is 0.545 e. The predicted octanol–water partition coefficient (Wildman–Crippen LogP) is 1.48. The number of quaternary nitrogens is 1. The van der Waals surface area contributed by atoms with Crippen molar-refractivity contribution in [3.63, 3.8) is 0 Å². The summed E-state index contributed by atoms with van der Waals surface area (Å²) in [5.41, 5.74) is 0.742. The van der Waals surface area contributed by atoms with E-state index in [1.807, 2.05) is 0 Å². The fraction of sp³-hybridized carbons (Fsp3) is 0. The molecule has 0 saturated carbocycles. The summed E-state index contributed by atoms with van der Waals surface area (Å²) in [7, 11) is 0. The highest BCUT2D eigenvalue weighted by Gasteiger charge is 1.87. The first-order valence-corrected chi connectivity index (χ1v) is 3.71. The van der Waals surface area contributed by atoms with Crippen LogP contribution in [0, 0.1) is 0 Å². The van der Waals surface area contributed by atoms with E-state index in [0.29, 0.717) is 5.02 Å². The molecule has 0 unspecified atom stereocenters. The molecular weight excluding hydrogens is 190 g/mol. The van der Waals surface area contributed by atoms with E-state index in [9.17, 15) is 9.90 Å². The predicted molar refractivity (Wildman–Crippen MR) is 51.5 cm³/mol. The highest BCUT2D eigenvalue weighted by atomic mass is 35.5. The van der Waals surface area contributed by atoms with Crippen molar-refractivity contribution in [1.82, 2.24) is 6.15 Å². The number of hydrogen-bond acceptors (Lipinski definition) is 2. The molecule has 1 aromatic rings. The van der Waals surface area contributed by atoms with Crippen molar-refractivity contribution in [2.75, 3.05) is 0 Å². The molecule has 1 aromatic carbocycles. The van der Waals surface area contributed by atoms with Crippen molar-refractivity contribution in [3.8, 4) is 0 Å². The van der Waals surface area contributed by atoms with Gasteiger partial charge >= 0.3 is 0 Å². The van der Waals surface area contributed by atoms with Crippen LogP contribution in [0.25, 0.3) is 6.08 Å². The Hall–Kier alpha value is -1.32. The zero-order valence-corrected chi connectivity index (χ0v) is 7.91. The lowest BCUT2D eigenvalue weighted by molar-refractivity contribution is -0.297. The minimum atomic E-state index is -1.21. The molecule has 13 heavy (non-hydrogen) atoms. The summed E-state index contributed by atoms with van der Waals surface area (Å²) in [6, 6.07) is 6.89. The third-order valence-corrected chi connectivity index (χ3v) is 1.50. The van der Waals surface area contributed by atoms with Crippen molar-refractivity contribution in [2.24, 2.45) is 0 Å². The third kappa shape index (κ3) is 4.30. The number of carboxylic acids is 1. The lowest BCUT2D eigenvalue weighted by Gasteiger charge is -1.94. The molecule has 4 N–H and O–H groups in total. The number of benzene rings is 1. The standard InChI is InChI=1S/C9H7ClO2.H3N/c10-8-3-1-2-7(6-8)4-5-9(11)12;/h1-6H,(H,11,12);1H3/b5-4+;. The maximum absolute atomic E-state index is 10.0. The summed E-state index contributed by atoms with van der Waals surface area (Å²) < 4.78 is 0. The second kappa shape index (κ2) is 5.35. The quantitative estimate of drug-likeness (QED) is 0.733. The van der Waals surface area contributed by atoms with E-state index in [4.69, 9.17) is 11.6 Å². The van der Waals surface area contributed by atoms with Gasteiger partial charge in [-0.1, -0.05) is 29.8 Å². The smallest absolute Gasteiger partial charge is 0.0643 e. The van der Waals surface area contributed by atoms with Gasteiger partial charge in [0.05, 0.1) is 5.97 Å². The van der Waals surface area contributed by atoms with Gasteiger partial charge in [0, 0.05) is 5.02 Å². The van der Waals surface area contributed by atoms with Gasteiger partial charge in [0.2, 0.25) is 0 Å². The zero-order chi connectivity index (χ0) is 8.97. The van der Waals surface area contributed by atoms with E-state index in [1.54, 1.807) is 24.3 Å². The van der Waals surface area contributed by atoms with Gasteiger partial charge in [-0.2, -0.15) is 0 Å². The Balaban J connectivity index is 0.00000144. The first-order valence-electron chi connectivity index (χ1n) is 3.33. The van der Waals surface area contributed by atoms with E-state index in [-0.39, 0.29) is 6.15 Å². The van der Waals surface area contributed by atoms with Crippen LogP contribution in [0.4, 0.5) is 0 Å². The van der Waals surface area contributed by atoms with E-state index in [2.05, 4.69) is 0 Å². The summed E-state index contributed by atoms with van der Waals surface area (Å²) in [5.74, 6) is -1.21. The Morgan fingerprint density at radius 1 is 1.46 bits per heavy atom. The number of carboxylic acid groups (broad SMARTS) is 1. The van der Waals surface area contributed by atoms with Gasteiger partial charge in [0.25, 0.3) is 0 Å². The Kier molecular flexibility index (Phi) is 4.80. The van der Waals surface area contributed by atoms with Crippen molar-refractivity contribution in [2.45, 2.75) is 0 Å². The highest BCUT2D eigenvalue weighted by molar-refractivity contribution is 6.30. The normalized spacial score (nSPS) is 9.62. The van der Waals surface area contributed by atoms with Crippen molar-refractivity contribution < 1.29 is 9.90 Å². The van der Waals surface area contributed by atoms with Crippen LogP contribution < -0.4 is 11.3 Å². The molecule has 70 valence electrons. The molecule has 0 heterocycles. The average molecular weight is 200 g/mol. The second-order valence-corrected chi connectivity index (χ2v) is 2.64. The van der Waals surface area contributed by atoms with Gasteiger partial charge in [0.1, 0.15) is 0 Å². The molecule has 4 heteroatoms. The Morgan fingerprint density at radius 2 is 2.15 bits per heavy atom. The summed E-state index contributed by atoms with van der Waals surface area (Å²) >= 11 is 5.66. The van der Waals surface area contributed by atoms with Crippen LogP contribution in [0.15, 0.2) is 30.3 Å². The van der Waals surface area contributed by atoms with Crippen LogP contribution >= 0.6 is 11.6 Å². The zero-order valence-electron chi connectivity index (χ0n) is 7.16. The molecule has 0 bridgehead atoms. The highest BCUT2D eigenvalue weighted by Crippen LogP contribution is 2.11. The number of carbonyl (C=O) groups excluding carboxylic acids is 1. The molecule has 0 amide bonds. The lowest BCUT2D eigenvalue weighted by Crippen LogP contribution is -2.18. The molecule has 0 fully saturated rings. The van der Waals surface area contributed by atoms with Crippen molar-refractivity contribution >= 4 is 23.6 Å². The fourth-order valence-corrected chi connectivity index (χ4v) is 0.973. The molecule has 0 spiro atoms. The second-order valence-electron chi connectivity index (χ2n) is 2.21. The van der Waals surface area contributed by atoms with Crippen LogP contribution in [-0.2, 0) is 4.79 Å². The van der Waals surface area contributed by atoms with E-state index in [0.717, 1.165) is 11.6 Å². The molecule has 0 radical (unpaired) electrons. The topological polar surface area (TPSA) is 76.6 Å². The van der Waals surface area contributed by atoms with Gasteiger partial charge in [-0.25, -0.2) is 0 Å². The Morgan fingerprint density at radius 3 is 2.69 bits per heavy atom. The number of rotatable bonds is 2. The minimum absolute atomic E-state index is 0. The van der Waals surface area contributed by atoms with Gasteiger partial charge in [-0.15, -0.1) is 0 Å². The third-order valence-electron chi connectivity index (χ3n) is 1.26. The average Bonchev–Trinajstić information content (AvgIpc) is 2.01. The van der Waals surface area contributed by atoms with Crippen molar-refractivity contribution in [1.29, 1.82) is 0 Å². The summed E-state index contributed by atoms with van der Waals surface area (Å²) in [6.45, 7) is 0. The summed E-state index contributed by atoms with van der Waals surface area (Å²) in [4.78, 5) is 10.0. The molecule has 0 aliphatic rings. The Labute approximate surface area is 81.2 Å². The minimum Gasteiger partial charge on any atom is -0.545 e. The summed E-state index contributed by atoms with van der Waals surface area (Å²) in [5, 5.41) is 10.6. The van der Waals surface area contributed by atoms with Gasteiger partial charge < -0.3 is 16.1 Å². The van der Waals surface area contributed by atoms with Gasteiger partial charge in [-0.3, -0.25) is 0 Å². The monoisotopic (exact) mass is 199 g/mol. The summed E-state index contributed by atoms with van der Waals surface area (Å²) in [6.07, 6.45) is 2.40. The van der Waals surface area contributed by atoms with E-state index >= 15 is 0 Å². The van der Waals surface area contributed by atoms with Crippen molar-refractivity contribution in [3.05, 3.63) is 40.9 Å². The molecule has 0 atom stereocenters. The SMILES string of the molecule is O=C([O-])/C=C/c1cccc(Cl)c1.[NH4+]. The van der Waals surface area contributed by atoms with Gasteiger partial charge in [0.15, 0.2) is 0 Å². The van der Waals surface area contributed by atoms with Crippen LogP contribution in [0.5, 0.6) is 0 Å². The van der Waals surface area contributed by atoms with Gasteiger partial charge in [-0.05, 0) is 23.8 Å². The number of carbonyl (C=O) groups is 1. The van der Waals surface area contributed by atoms with E-state index in [1.165, 1.54) is 6.08 Å². The number of hydrogen-bond donors (Lipinski definition) is 1. The first kappa shape index (κ1) is 11.7. The number of aliphatic carboxylic acids is 1. The Bertz CT molecular complexity index is 323. The molecule has 0 aromatic heterocycles. The lowest BCUT2D eigenvalue weighted by atomic mass is 10.2. The number of halogens is 1. The molecule has 0 aliphatic heterocycles. The molecule has 3 nitrogen and oxygen atoms in total. The maximum Gasteiger partial charge on any atom is 0.0643 e. The molecule has 0 saturated heterocycles. The van der Waals surface area contributed by atoms with E-state index < -0.39 is 5.97 Å². The van der Waals surface area contributed by atoms with Crippen LogP contribution in [0.1, 0.15) is 5.56 Å². The van der Waals surface area contributed by atoms with Crippen LogP contribution in [-0.4, -0.2) is 5.97 Å². The molecular formula is C9H10ClNO2. The van der Waals surface area contributed by atoms with Crippen LogP contribution in [0.2, 0.25) is 5.02 Å². The fourth-order valence-electron chi connectivity index (χ4n) is 0.775. The van der Waals surface area contributed by atoms with Crippen LogP contribution in [0.3, 0.4) is 0 Å². The molecule has 0 aliphatic carbocycles. The molecule has 1 rings (SSSR count).